The Balaban J connectivity index is 1.99. The Labute approximate surface area is 134 Å². The molecule has 0 saturated carbocycles. The van der Waals surface area contributed by atoms with E-state index in [9.17, 15) is 9.18 Å². The van der Waals surface area contributed by atoms with Crippen molar-refractivity contribution < 1.29 is 19.0 Å². The van der Waals surface area contributed by atoms with Gasteiger partial charge in [0, 0.05) is 0 Å². The van der Waals surface area contributed by atoms with Gasteiger partial charge in [-0.05, 0) is 59.6 Å². The molecule has 1 atom stereocenters. The van der Waals surface area contributed by atoms with Gasteiger partial charge in [0.15, 0.2) is 11.6 Å². The minimum Gasteiger partial charge on any atom is -0.494 e. The number of carboxylic acid groups (broad SMARTS) is 1. The maximum absolute atomic E-state index is 13.9. The lowest BCUT2D eigenvalue weighted by Gasteiger charge is -2.25. The molecule has 120 valence electrons. The maximum atomic E-state index is 13.9. The fraction of sp³-hybridized carbons (Fsp3) is 0.316. The molecule has 0 aliphatic heterocycles. The summed E-state index contributed by atoms with van der Waals surface area (Å²) >= 11 is 0. The van der Waals surface area contributed by atoms with Crippen molar-refractivity contribution in [3.8, 4) is 16.9 Å². The fourth-order valence-electron chi connectivity index (χ4n) is 3.35. The summed E-state index contributed by atoms with van der Waals surface area (Å²) in [6.07, 6.45) is 3.03. The van der Waals surface area contributed by atoms with Crippen LogP contribution in [0.3, 0.4) is 0 Å². The molecule has 0 amide bonds. The maximum Gasteiger partial charge on any atom is 0.303 e. The second kappa shape index (κ2) is 6.41. The molecular weight excluding hydrogens is 295 g/mol. The van der Waals surface area contributed by atoms with Crippen LogP contribution in [0.1, 0.15) is 36.3 Å². The number of ether oxygens (including phenoxy) is 1. The van der Waals surface area contributed by atoms with E-state index in [1.165, 1.54) is 18.7 Å². The molecule has 0 aromatic heterocycles. The zero-order chi connectivity index (χ0) is 16.4. The van der Waals surface area contributed by atoms with Crippen molar-refractivity contribution in [2.75, 3.05) is 7.11 Å². The Morgan fingerprint density at radius 2 is 2.00 bits per heavy atom. The first kappa shape index (κ1) is 15.5. The average Bonchev–Trinajstić information content (AvgIpc) is 2.54. The second-order valence-corrected chi connectivity index (χ2v) is 5.95. The summed E-state index contributed by atoms with van der Waals surface area (Å²) in [6, 6.07) is 10.9. The summed E-state index contributed by atoms with van der Waals surface area (Å²) in [4.78, 5) is 11.1. The molecule has 0 radical (unpaired) electrons. The number of carbonyl (C=O) groups is 1. The third kappa shape index (κ3) is 3.21. The standard InChI is InChI=1S/C19H19FO3/c1-23-18-8-7-14(10-17(18)20)13-6-5-12-3-2-4-15(11-19(21)22)16(12)9-13/h5-10,15H,2-4,11H2,1H3,(H,21,22). The van der Waals surface area contributed by atoms with E-state index in [2.05, 4.69) is 0 Å². The zero-order valence-electron chi connectivity index (χ0n) is 13.0. The summed E-state index contributed by atoms with van der Waals surface area (Å²) in [7, 11) is 1.44. The molecule has 1 unspecified atom stereocenters. The molecule has 4 heteroatoms. The summed E-state index contributed by atoms with van der Waals surface area (Å²) < 4.78 is 18.9. The van der Waals surface area contributed by atoms with Gasteiger partial charge in [-0.2, -0.15) is 0 Å². The molecule has 1 aliphatic carbocycles. The van der Waals surface area contributed by atoms with Crippen LogP contribution >= 0.6 is 0 Å². The number of benzene rings is 2. The molecule has 0 spiro atoms. The topological polar surface area (TPSA) is 46.5 Å². The van der Waals surface area contributed by atoms with Crippen LogP contribution in [-0.4, -0.2) is 18.2 Å². The van der Waals surface area contributed by atoms with Gasteiger partial charge in [-0.1, -0.05) is 24.3 Å². The molecule has 0 fully saturated rings. The molecule has 0 bridgehead atoms. The highest BCUT2D eigenvalue weighted by atomic mass is 19.1. The molecule has 1 aliphatic rings. The van der Waals surface area contributed by atoms with Crippen LogP contribution in [0.5, 0.6) is 5.75 Å². The molecule has 0 heterocycles. The van der Waals surface area contributed by atoms with Crippen LogP contribution in [0.25, 0.3) is 11.1 Å². The minimum absolute atomic E-state index is 0.0410. The van der Waals surface area contributed by atoms with E-state index in [4.69, 9.17) is 9.84 Å². The number of halogens is 1. The largest absolute Gasteiger partial charge is 0.494 e. The monoisotopic (exact) mass is 314 g/mol. The Kier molecular flexibility index (Phi) is 4.33. The lowest BCUT2D eigenvalue weighted by Crippen LogP contribution is -2.13. The van der Waals surface area contributed by atoms with Crippen molar-refractivity contribution >= 4 is 5.97 Å². The van der Waals surface area contributed by atoms with Gasteiger partial charge in [-0.3, -0.25) is 4.79 Å². The third-order valence-electron chi connectivity index (χ3n) is 4.49. The lowest BCUT2D eigenvalue weighted by atomic mass is 9.80. The van der Waals surface area contributed by atoms with Gasteiger partial charge in [0.1, 0.15) is 0 Å². The predicted molar refractivity (Wildman–Crippen MR) is 86.3 cm³/mol. The second-order valence-electron chi connectivity index (χ2n) is 5.95. The zero-order valence-corrected chi connectivity index (χ0v) is 13.0. The van der Waals surface area contributed by atoms with Gasteiger partial charge in [-0.15, -0.1) is 0 Å². The first-order valence-corrected chi connectivity index (χ1v) is 7.77. The van der Waals surface area contributed by atoms with E-state index in [1.807, 2.05) is 24.3 Å². The Hall–Kier alpha value is -2.36. The first-order chi connectivity index (χ1) is 11.1. The molecule has 3 rings (SSSR count). The molecular formula is C19H19FO3. The summed E-state index contributed by atoms with van der Waals surface area (Å²) in [6.45, 7) is 0. The fourth-order valence-corrected chi connectivity index (χ4v) is 3.35. The van der Waals surface area contributed by atoms with Crippen molar-refractivity contribution in [3.63, 3.8) is 0 Å². The lowest BCUT2D eigenvalue weighted by molar-refractivity contribution is -0.137. The number of rotatable bonds is 4. The molecule has 2 aromatic carbocycles. The van der Waals surface area contributed by atoms with E-state index in [0.717, 1.165) is 36.0 Å². The number of aliphatic carboxylic acids is 1. The number of aryl methyl sites for hydroxylation is 1. The molecule has 3 nitrogen and oxygen atoms in total. The highest BCUT2D eigenvalue weighted by molar-refractivity contribution is 5.70. The van der Waals surface area contributed by atoms with Crippen molar-refractivity contribution in [3.05, 3.63) is 53.3 Å². The summed E-state index contributed by atoms with van der Waals surface area (Å²) in [5.41, 5.74) is 3.97. The smallest absolute Gasteiger partial charge is 0.303 e. The van der Waals surface area contributed by atoms with Crippen LogP contribution in [0, 0.1) is 5.82 Å². The van der Waals surface area contributed by atoms with Crippen LogP contribution in [0.15, 0.2) is 36.4 Å². The predicted octanol–water partition coefficient (Wildman–Crippen LogP) is 4.40. The van der Waals surface area contributed by atoms with E-state index < -0.39 is 11.8 Å². The summed E-state index contributed by atoms with van der Waals surface area (Å²) in [5, 5.41) is 9.11. The average molecular weight is 314 g/mol. The third-order valence-corrected chi connectivity index (χ3v) is 4.49. The number of hydrogen-bond donors (Lipinski definition) is 1. The van der Waals surface area contributed by atoms with E-state index >= 15 is 0 Å². The van der Waals surface area contributed by atoms with Gasteiger partial charge >= 0.3 is 5.97 Å². The summed E-state index contributed by atoms with van der Waals surface area (Å²) in [5.74, 6) is -0.914. The van der Waals surface area contributed by atoms with Crippen LogP contribution in [-0.2, 0) is 11.2 Å². The minimum atomic E-state index is -0.774. The van der Waals surface area contributed by atoms with Crippen LogP contribution in [0.2, 0.25) is 0 Å². The van der Waals surface area contributed by atoms with E-state index in [0.29, 0.717) is 0 Å². The van der Waals surface area contributed by atoms with Crippen molar-refractivity contribution in [2.24, 2.45) is 0 Å². The Morgan fingerprint density at radius 3 is 2.70 bits per heavy atom. The number of fused-ring (bicyclic) bond motifs is 1. The number of carboxylic acids is 1. The van der Waals surface area contributed by atoms with E-state index in [1.54, 1.807) is 6.07 Å². The highest BCUT2D eigenvalue weighted by Gasteiger charge is 2.23. The molecule has 0 saturated heterocycles. The van der Waals surface area contributed by atoms with Crippen LogP contribution < -0.4 is 4.74 Å². The molecule has 1 N–H and O–H groups in total. The number of hydrogen-bond acceptors (Lipinski definition) is 2. The van der Waals surface area contributed by atoms with Gasteiger partial charge in [0.05, 0.1) is 13.5 Å². The van der Waals surface area contributed by atoms with Crippen molar-refractivity contribution in [2.45, 2.75) is 31.6 Å². The molecule has 23 heavy (non-hydrogen) atoms. The Morgan fingerprint density at radius 1 is 1.26 bits per heavy atom. The Bertz CT molecular complexity index is 739. The first-order valence-electron chi connectivity index (χ1n) is 7.77. The van der Waals surface area contributed by atoms with Crippen molar-refractivity contribution in [1.82, 2.24) is 0 Å². The van der Waals surface area contributed by atoms with Gasteiger partial charge in [0.25, 0.3) is 0 Å². The number of methoxy groups -OCH3 is 1. The van der Waals surface area contributed by atoms with Gasteiger partial charge in [-0.25, -0.2) is 4.39 Å². The quantitative estimate of drug-likeness (QED) is 0.910. The van der Waals surface area contributed by atoms with Gasteiger partial charge < -0.3 is 9.84 Å². The normalized spacial score (nSPS) is 16.7. The van der Waals surface area contributed by atoms with Crippen molar-refractivity contribution in [1.29, 1.82) is 0 Å². The highest BCUT2D eigenvalue weighted by Crippen LogP contribution is 2.37. The van der Waals surface area contributed by atoms with Crippen LogP contribution in [0.4, 0.5) is 4.39 Å². The SMILES string of the molecule is COc1ccc(-c2ccc3c(c2)C(CC(=O)O)CCC3)cc1F. The van der Waals surface area contributed by atoms with E-state index in [-0.39, 0.29) is 18.1 Å². The molecule has 2 aromatic rings. The van der Waals surface area contributed by atoms with Gasteiger partial charge in [0.2, 0.25) is 0 Å².